The van der Waals surface area contributed by atoms with Gasteiger partial charge in [-0.15, -0.1) is 0 Å². The van der Waals surface area contributed by atoms with Crippen LogP contribution >= 0.6 is 0 Å². The number of benzene rings is 1. The van der Waals surface area contributed by atoms with Gasteiger partial charge in [0, 0.05) is 50.3 Å². The molecule has 136 valence electrons. The second kappa shape index (κ2) is 6.25. The molecule has 1 aromatic carbocycles. The fraction of sp³-hybridized carbons (Fsp3) is 0.238. The highest BCUT2D eigenvalue weighted by Crippen LogP contribution is 2.46. The van der Waals surface area contributed by atoms with Gasteiger partial charge < -0.3 is 0 Å². The van der Waals surface area contributed by atoms with Crippen molar-refractivity contribution in [2.24, 2.45) is 0 Å². The summed E-state index contributed by atoms with van der Waals surface area (Å²) in [6.45, 7) is 2.06. The van der Waals surface area contributed by atoms with Crippen molar-refractivity contribution in [2.75, 3.05) is 13.1 Å². The van der Waals surface area contributed by atoms with Crippen LogP contribution in [0.3, 0.4) is 0 Å². The van der Waals surface area contributed by atoms with Gasteiger partial charge in [0.15, 0.2) is 9.84 Å². The summed E-state index contributed by atoms with van der Waals surface area (Å²) in [7, 11) is -3.28. The first-order chi connectivity index (χ1) is 13.1. The van der Waals surface area contributed by atoms with Crippen LogP contribution in [0.25, 0.3) is 11.1 Å². The van der Waals surface area contributed by atoms with E-state index in [1.165, 1.54) is 0 Å². The lowest BCUT2D eigenvalue weighted by Crippen LogP contribution is -2.25. The largest absolute Gasteiger partial charge is 0.297 e. The van der Waals surface area contributed by atoms with E-state index in [1.807, 2.05) is 36.5 Å². The number of likely N-dealkylation sites (tertiary alicyclic amines) is 1. The molecule has 4 heterocycles. The number of hydrogen-bond donors (Lipinski definition) is 0. The average molecular weight is 377 g/mol. The average Bonchev–Trinajstić information content (AvgIpc) is 3.21. The molecule has 0 spiro atoms. The van der Waals surface area contributed by atoms with Gasteiger partial charge in [-0.2, -0.15) is 0 Å². The third-order valence-electron chi connectivity index (χ3n) is 5.60. The highest BCUT2D eigenvalue weighted by atomic mass is 32.2. The summed E-state index contributed by atoms with van der Waals surface area (Å²) in [6, 6.07) is 13.6. The lowest BCUT2D eigenvalue weighted by atomic mass is 9.95. The zero-order valence-electron chi connectivity index (χ0n) is 14.7. The number of sulfone groups is 1. The van der Waals surface area contributed by atoms with E-state index in [2.05, 4.69) is 20.9 Å². The Morgan fingerprint density at radius 1 is 0.963 bits per heavy atom. The normalized spacial score (nSPS) is 23.1. The molecule has 0 bridgehead atoms. The molecule has 1 fully saturated rings. The molecule has 5 rings (SSSR count). The molecule has 0 radical (unpaired) electrons. The quantitative estimate of drug-likeness (QED) is 0.702. The fourth-order valence-corrected chi connectivity index (χ4v) is 6.52. The number of nitrogens with zero attached hydrogens (tertiary/aromatic N) is 3. The summed E-state index contributed by atoms with van der Waals surface area (Å²) in [6.07, 6.45) is 7.11. The minimum atomic E-state index is -3.28. The van der Waals surface area contributed by atoms with Crippen molar-refractivity contribution in [1.82, 2.24) is 14.9 Å². The molecule has 0 N–H and O–H groups in total. The SMILES string of the molecule is O=S1(=O)c2ccc(-c3ccncc3)cc2C2CN(Cc3cccnc3)CC21. The molecule has 27 heavy (non-hydrogen) atoms. The Morgan fingerprint density at radius 2 is 1.81 bits per heavy atom. The van der Waals surface area contributed by atoms with E-state index in [0.29, 0.717) is 11.4 Å². The van der Waals surface area contributed by atoms with Gasteiger partial charge in [0.1, 0.15) is 0 Å². The second-order valence-corrected chi connectivity index (χ2v) is 9.37. The van der Waals surface area contributed by atoms with Gasteiger partial charge in [0.05, 0.1) is 10.1 Å². The number of hydrogen-bond acceptors (Lipinski definition) is 5. The van der Waals surface area contributed by atoms with Crippen molar-refractivity contribution >= 4 is 9.84 Å². The molecule has 2 aromatic heterocycles. The Kier molecular flexibility index (Phi) is 3.84. The summed E-state index contributed by atoms with van der Waals surface area (Å²) in [5.41, 5.74) is 4.17. The van der Waals surface area contributed by atoms with E-state index < -0.39 is 9.84 Å². The topological polar surface area (TPSA) is 63.2 Å². The van der Waals surface area contributed by atoms with Crippen molar-refractivity contribution in [3.8, 4) is 11.1 Å². The zero-order chi connectivity index (χ0) is 18.4. The molecule has 2 unspecified atom stereocenters. The van der Waals surface area contributed by atoms with Crippen molar-refractivity contribution in [1.29, 1.82) is 0 Å². The maximum Gasteiger partial charge on any atom is 0.183 e. The number of fused-ring (bicyclic) bond motifs is 3. The molecule has 3 aromatic rings. The van der Waals surface area contributed by atoms with E-state index in [9.17, 15) is 8.42 Å². The minimum Gasteiger partial charge on any atom is -0.297 e. The minimum absolute atomic E-state index is 0.0310. The predicted molar refractivity (Wildman–Crippen MR) is 103 cm³/mol. The Morgan fingerprint density at radius 3 is 2.59 bits per heavy atom. The first-order valence-corrected chi connectivity index (χ1v) is 10.6. The van der Waals surface area contributed by atoms with Crippen molar-refractivity contribution < 1.29 is 8.42 Å². The highest BCUT2D eigenvalue weighted by molar-refractivity contribution is 7.92. The molecular weight excluding hydrogens is 358 g/mol. The summed E-state index contributed by atoms with van der Waals surface area (Å²) >= 11 is 0. The Bertz CT molecular complexity index is 1080. The first kappa shape index (κ1) is 16.6. The second-order valence-electron chi connectivity index (χ2n) is 7.23. The van der Waals surface area contributed by atoms with E-state index in [4.69, 9.17) is 0 Å². The molecule has 2 aliphatic heterocycles. The van der Waals surface area contributed by atoms with Crippen LogP contribution in [0.4, 0.5) is 0 Å². The van der Waals surface area contributed by atoms with Crippen LogP contribution in [-0.2, 0) is 16.4 Å². The molecular formula is C21H19N3O2S. The van der Waals surface area contributed by atoms with Crippen molar-refractivity contribution in [3.63, 3.8) is 0 Å². The number of pyridine rings is 2. The van der Waals surface area contributed by atoms with Gasteiger partial charge in [-0.25, -0.2) is 8.42 Å². The number of aromatic nitrogens is 2. The zero-order valence-corrected chi connectivity index (χ0v) is 15.5. The van der Waals surface area contributed by atoms with Gasteiger partial charge in [0.25, 0.3) is 0 Å². The summed E-state index contributed by atoms with van der Waals surface area (Å²) in [5, 5.41) is -0.350. The molecule has 6 heteroatoms. The van der Waals surface area contributed by atoms with Gasteiger partial charge in [-0.05, 0) is 52.6 Å². The summed E-state index contributed by atoms with van der Waals surface area (Å²) < 4.78 is 26.1. The molecule has 2 aliphatic rings. The van der Waals surface area contributed by atoms with Crippen molar-refractivity contribution in [3.05, 3.63) is 78.4 Å². The van der Waals surface area contributed by atoms with E-state index >= 15 is 0 Å². The van der Waals surface area contributed by atoms with Crippen LogP contribution in [-0.4, -0.2) is 41.6 Å². The Hall–Kier alpha value is -2.57. The third-order valence-corrected chi connectivity index (χ3v) is 7.86. The van der Waals surface area contributed by atoms with Gasteiger partial charge in [-0.1, -0.05) is 12.1 Å². The lowest BCUT2D eigenvalue weighted by Gasteiger charge is -2.17. The van der Waals surface area contributed by atoms with Crippen LogP contribution in [0.5, 0.6) is 0 Å². The van der Waals surface area contributed by atoms with Crippen LogP contribution in [0.1, 0.15) is 17.0 Å². The Labute approximate surface area is 158 Å². The summed E-state index contributed by atoms with van der Waals surface area (Å²) in [5.74, 6) is 0.0310. The molecule has 0 amide bonds. The monoisotopic (exact) mass is 377 g/mol. The highest BCUT2D eigenvalue weighted by Gasteiger charge is 2.50. The summed E-state index contributed by atoms with van der Waals surface area (Å²) in [4.78, 5) is 11.0. The molecule has 5 nitrogen and oxygen atoms in total. The molecule has 1 saturated heterocycles. The molecule has 0 aliphatic carbocycles. The van der Waals surface area contributed by atoms with Gasteiger partial charge in [0.2, 0.25) is 0 Å². The molecule has 0 saturated carbocycles. The van der Waals surface area contributed by atoms with E-state index in [-0.39, 0.29) is 11.2 Å². The smallest absolute Gasteiger partial charge is 0.183 e. The van der Waals surface area contributed by atoms with E-state index in [1.54, 1.807) is 24.7 Å². The van der Waals surface area contributed by atoms with Crippen LogP contribution in [0, 0.1) is 0 Å². The van der Waals surface area contributed by atoms with Crippen LogP contribution < -0.4 is 0 Å². The number of rotatable bonds is 3. The maximum absolute atomic E-state index is 13.1. The predicted octanol–water partition coefficient (Wildman–Crippen LogP) is 2.90. The molecule has 2 atom stereocenters. The lowest BCUT2D eigenvalue weighted by molar-refractivity contribution is 0.325. The van der Waals surface area contributed by atoms with Crippen LogP contribution in [0.2, 0.25) is 0 Å². The van der Waals surface area contributed by atoms with Crippen LogP contribution in [0.15, 0.2) is 72.1 Å². The fourth-order valence-electron chi connectivity index (χ4n) is 4.33. The van der Waals surface area contributed by atoms with E-state index in [0.717, 1.165) is 35.3 Å². The third kappa shape index (κ3) is 2.76. The Balaban J connectivity index is 1.49. The maximum atomic E-state index is 13.1. The van der Waals surface area contributed by atoms with Gasteiger partial charge >= 0.3 is 0 Å². The van der Waals surface area contributed by atoms with Crippen molar-refractivity contribution in [2.45, 2.75) is 22.6 Å². The van der Waals surface area contributed by atoms with Gasteiger partial charge in [-0.3, -0.25) is 14.9 Å². The first-order valence-electron chi connectivity index (χ1n) is 9.02. The standard InChI is InChI=1S/C21H19N3O2S/c25-27(26)20-4-3-17(16-5-8-22-9-6-16)10-18(20)19-13-24(14-21(19)27)12-15-2-1-7-23-11-15/h1-11,19,21H,12-14H2.